The van der Waals surface area contributed by atoms with Gasteiger partial charge in [-0.15, -0.1) is 5.10 Å². The van der Waals surface area contributed by atoms with Crippen molar-refractivity contribution in [1.82, 2.24) is 25.2 Å². The highest BCUT2D eigenvalue weighted by Crippen LogP contribution is 2.10. The molecular formula is C11H17N5O4. The van der Waals surface area contributed by atoms with Gasteiger partial charge in [0.25, 0.3) is 0 Å². The number of carboxylic acids is 1. The minimum absolute atomic E-state index is 0.111. The van der Waals surface area contributed by atoms with Gasteiger partial charge < -0.3 is 20.1 Å². The van der Waals surface area contributed by atoms with E-state index < -0.39 is 5.97 Å². The lowest BCUT2D eigenvalue weighted by molar-refractivity contribution is 0.0690. The third kappa shape index (κ3) is 3.44. The van der Waals surface area contributed by atoms with Gasteiger partial charge in [0.1, 0.15) is 0 Å². The number of ether oxygens (including phenoxy) is 1. The van der Waals surface area contributed by atoms with E-state index in [9.17, 15) is 9.59 Å². The van der Waals surface area contributed by atoms with Crippen molar-refractivity contribution in [1.29, 1.82) is 0 Å². The van der Waals surface area contributed by atoms with Crippen LogP contribution in [0, 0.1) is 0 Å². The molecule has 20 heavy (non-hydrogen) atoms. The van der Waals surface area contributed by atoms with Crippen LogP contribution in [0.25, 0.3) is 0 Å². The van der Waals surface area contributed by atoms with E-state index in [1.807, 2.05) is 0 Å². The van der Waals surface area contributed by atoms with Crippen molar-refractivity contribution < 1.29 is 19.4 Å². The van der Waals surface area contributed by atoms with Crippen molar-refractivity contribution in [3.8, 4) is 0 Å². The first-order valence-corrected chi connectivity index (χ1v) is 6.29. The second-order valence-electron chi connectivity index (χ2n) is 4.53. The van der Waals surface area contributed by atoms with Gasteiger partial charge in [0.2, 0.25) is 0 Å². The molecule has 1 aliphatic rings. The molecule has 110 valence electrons. The Morgan fingerprint density at radius 2 is 2.45 bits per heavy atom. The van der Waals surface area contributed by atoms with Gasteiger partial charge in [-0.05, 0) is 6.42 Å². The van der Waals surface area contributed by atoms with Gasteiger partial charge in [-0.2, -0.15) is 0 Å². The molecule has 1 aromatic rings. The minimum atomic E-state index is -1.12. The molecule has 1 saturated heterocycles. The Morgan fingerprint density at radius 3 is 3.05 bits per heavy atom. The number of nitrogens with one attached hydrogen (secondary N) is 1. The van der Waals surface area contributed by atoms with Crippen LogP contribution in [0.5, 0.6) is 0 Å². The Kier molecular flexibility index (Phi) is 4.51. The number of amides is 2. The summed E-state index contributed by atoms with van der Waals surface area (Å²) in [6.45, 7) is 1.95. The normalized spacial score (nSPS) is 17.9. The van der Waals surface area contributed by atoms with Gasteiger partial charge in [0.05, 0.1) is 25.4 Å². The Morgan fingerprint density at radius 1 is 1.65 bits per heavy atom. The lowest BCUT2D eigenvalue weighted by Crippen LogP contribution is -2.44. The van der Waals surface area contributed by atoms with Crippen LogP contribution in [-0.2, 0) is 11.3 Å². The molecule has 0 radical (unpaired) electrons. The Bertz CT molecular complexity index is 483. The summed E-state index contributed by atoms with van der Waals surface area (Å²) in [5.74, 6) is -1.12. The summed E-state index contributed by atoms with van der Waals surface area (Å²) in [6.07, 6.45) is 2.16. The van der Waals surface area contributed by atoms with E-state index in [1.165, 1.54) is 10.9 Å². The van der Waals surface area contributed by atoms with E-state index in [0.29, 0.717) is 26.3 Å². The minimum Gasteiger partial charge on any atom is -0.476 e. The van der Waals surface area contributed by atoms with Crippen molar-refractivity contribution in [2.45, 2.75) is 19.0 Å². The Hall–Kier alpha value is -2.16. The summed E-state index contributed by atoms with van der Waals surface area (Å²) in [7, 11) is 1.73. The second-order valence-corrected chi connectivity index (χ2v) is 4.53. The van der Waals surface area contributed by atoms with Crippen LogP contribution in [0.2, 0.25) is 0 Å². The van der Waals surface area contributed by atoms with E-state index >= 15 is 0 Å². The molecule has 1 fully saturated rings. The SMILES string of the molecule is CN(C(=O)NCCn1cc(C(=O)O)nn1)C1CCOC1. The number of hydrogen-bond donors (Lipinski definition) is 2. The van der Waals surface area contributed by atoms with Gasteiger partial charge in [-0.25, -0.2) is 14.3 Å². The molecule has 1 atom stereocenters. The summed E-state index contributed by atoms with van der Waals surface area (Å²) in [4.78, 5) is 24.1. The van der Waals surface area contributed by atoms with E-state index in [1.54, 1.807) is 11.9 Å². The van der Waals surface area contributed by atoms with Crippen LogP contribution in [0.3, 0.4) is 0 Å². The zero-order valence-corrected chi connectivity index (χ0v) is 11.2. The molecule has 1 unspecified atom stereocenters. The summed E-state index contributed by atoms with van der Waals surface area (Å²) in [6, 6.07) is -0.0703. The number of carboxylic acid groups (broad SMARTS) is 1. The van der Waals surface area contributed by atoms with Gasteiger partial charge in [-0.3, -0.25) is 0 Å². The van der Waals surface area contributed by atoms with Gasteiger partial charge in [-0.1, -0.05) is 5.21 Å². The highest BCUT2D eigenvalue weighted by Gasteiger charge is 2.23. The van der Waals surface area contributed by atoms with E-state index in [2.05, 4.69) is 15.6 Å². The largest absolute Gasteiger partial charge is 0.476 e. The number of aromatic carboxylic acids is 1. The molecular weight excluding hydrogens is 266 g/mol. The van der Waals surface area contributed by atoms with Crippen LogP contribution >= 0.6 is 0 Å². The summed E-state index contributed by atoms with van der Waals surface area (Å²) < 4.78 is 6.61. The number of likely N-dealkylation sites (N-methyl/N-ethyl adjacent to an activating group) is 1. The number of nitrogens with zero attached hydrogens (tertiary/aromatic N) is 4. The van der Waals surface area contributed by atoms with E-state index in [-0.39, 0.29) is 17.8 Å². The molecule has 0 aliphatic carbocycles. The van der Waals surface area contributed by atoms with E-state index in [4.69, 9.17) is 9.84 Å². The quantitative estimate of drug-likeness (QED) is 0.747. The van der Waals surface area contributed by atoms with Crippen LogP contribution in [0.1, 0.15) is 16.9 Å². The zero-order chi connectivity index (χ0) is 14.5. The standard InChI is InChI=1S/C11H17N5O4/c1-15(8-2-5-20-7-8)11(19)12-3-4-16-6-9(10(17)18)13-14-16/h6,8H,2-5,7H2,1H3,(H,12,19)(H,17,18). The fourth-order valence-corrected chi connectivity index (χ4v) is 1.90. The zero-order valence-electron chi connectivity index (χ0n) is 11.2. The Labute approximate surface area is 115 Å². The fraction of sp³-hybridized carbons (Fsp3) is 0.636. The number of carbonyl (C=O) groups excluding carboxylic acids is 1. The molecule has 2 N–H and O–H groups in total. The maximum absolute atomic E-state index is 11.9. The predicted octanol–water partition coefficient (Wildman–Crippen LogP) is -0.593. The molecule has 2 rings (SSSR count). The summed E-state index contributed by atoms with van der Waals surface area (Å²) in [5, 5.41) is 18.6. The molecule has 2 amide bonds. The second kappa shape index (κ2) is 6.33. The molecule has 2 heterocycles. The molecule has 0 aromatic carbocycles. The van der Waals surface area contributed by atoms with Crippen molar-refractivity contribution in [2.75, 3.05) is 26.8 Å². The number of urea groups is 1. The van der Waals surface area contributed by atoms with Gasteiger partial charge in [0, 0.05) is 20.2 Å². The van der Waals surface area contributed by atoms with Crippen LogP contribution in [-0.4, -0.2) is 69.8 Å². The highest BCUT2D eigenvalue weighted by atomic mass is 16.5. The smallest absolute Gasteiger partial charge is 0.358 e. The predicted molar refractivity (Wildman–Crippen MR) is 67.4 cm³/mol. The maximum Gasteiger partial charge on any atom is 0.358 e. The monoisotopic (exact) mass is 283 g/mol. The van der Waals surface area contributed by atoms with Gasteiger partial charge in [0.15, 0.2) is 5.69 Å². The lowest BCUT2D eigenvalue weighted by Gasteiger charge is -2.23. The first kappa shape index (κ1) is 14.3. The summed E-state index contributed by atoms with van der Waals surface area (Å²) >= 11 is 0. The third-order valence-corrected chi connectivity index (χ3v) is 3.15. The van der Waals surface area contributed by atoms with Crippen molar-refractivity contribution >= 4 is 12.0 Å². The lowest BCUT2D eigenvalue weighted by atomic mass is 10.2. The van der Waals surface area contributed by atoms with Gasteiger partial charge >= 0.3 is 12.0 Å². The first-order valence-electron chi connectivity index (χ1n) is 6.29. The average Bonchev–Trinajstić information content (AvgIpc) is 3.08. The van der Waals surface area contributed by atoms with Crippen LogP contribution in [0.4, 0.5) is 4.79 Å². The number of hydrogen-bond acceptors (Lipinski definition) is 5. The van der Waals surface area contributed by atoms with Crippen LogP contribution in [0.15, 0.2) is 6.20 Å². The Balaban J connectivity index is 1.74. The molecule has 1 aliphatic heterocycles. The third-order valence-electron chi connectivity index (χ3n) is 3.15. The van der Waals surface area contributed by atoms with Crippen molar-refractivity contribution in [2.24, 2.45) is 0 Å². The highest BCUT2D eigenvalue weighted by molar-refractivity contribution is 5.84. The number of carbonyl (C=O) groups is 2. The molecule has 0 saturated carbocycles. The summed E-state index contributed by atoms with van der Waals surface area (Å²) in [5.41, 5.74) is -0.114. The fourth-order valence-electron chi connectivity index (χ4n) is 1.90. The van der Waals surface area contributed by atoms with Crippen molar-refractivity contribution in [3.05, 3.63) is 11.9 Å². The number of aromatic nitrogens is 3. The molecule has 0 spiro atoms. The number of rotatable bonds is 5. The molecule has 9 nitrogen and oxygen atoms in total. The first-order chi connectivity index (χ1) is 9.58. The van der Waals surface area contributed by atoms with Crippen molar-refractivity contribution in [3.63, 3.8) is 0 Å². The van der Waals surface area contributed by atoms with Crippen LogP contribution < -0.4 is 5.32 Å². The average molecular weight is 283 g/mol. The molecule has 1 aromatic heterocycles. The molecule has 0 bridgehead atoms. The topological polar surface area (TPSA) is 110 Å². The maximum atomic E-state index is 11.9. The molecule has 9 heteroatoms. The van der Waals surface area contributed by atoms with E-state index in [0.717, 1.165) is 6.42 Å².